The van der Waals surface area contributed by atoms with Gasteiger partial charge in [-0.25, -0.2) is 0 Å². The Balaban J connectivity index is 2.64. The fourth-order valence-electron chi connectivity index (χ4n) is 1.14. The van der Waals surface area contributed by atoms with E-state index in [0.29, 0.717) is 5.92 Å². The summed E-state index contributed by atoms with van der Waals surface area (Å²) < 4.78 is 5.13. The molecule has 0 fully saturated rings. The Morgan fingerprint density at radius 2 is 2.33 bits per heavy atom. The maximum atomic E-state index is 5.13. The normalized spacial score (nSPS) is 11.0. The van der Waals surface area contributed by atoms with Crippen LogP contribution in [0.2, 0.25) is 0 Å². The molecule has 3 heteroatoms. The molecule has 0 radical (unpaired) electrons. The Hall–Kier alpha value is -0.830. The largest absolute Gasteiger partial charge is 0.361 e. The van der Waals surface area contributed by atoms with E-state index in [9.17, 15) is 0 Å². The van der Waals surface area contributed by atoms with Gasteiger partial charge in [-0.2, -0.15) is 0 Å². The molecule has 1 aromatic rings. The zero-order valence-corrected chi connectivity index (χ0v) is 7.92. The molecule has 0 atom stereocenters. The van der Waals surface area contributed by atoms with Gasteiger partial charge in [-0.1, -0.05) is 25.9 Å². The first-order valence-corrected chi connectivity index (χ1v) is 4.39. The van der Waals surface area contributed by atoms with Gasteiger partial charge in [0.25, 0.3) is 0 Å². The summed E-state index contributed by atoms with van der Waals surface area (Å²) >= 11 is 0. The van der Waals surface area contributed by atoms with Gasteiger partial charge in [-0.15, -0.1) is 0 Å². The van der Waals surface area contributed by atoms with Crippen LogP contribution in [0.3, 0.4) is 0 Å². The van der Waals surface area contributed by atoms with Crippen molar-refractivity contribution in [3.63, 3.8) is 0 Å². The van der Waals surface area contributed by atoms with Gasteiger partial charge >= 0.3 is 0 Å². The van der Waals surface area contributed by atoms with E-state index in [1.807, 2.05) is 0 Å². The lowest BCUT2D eigenvalue weighted by Gasteiger charge is -2.03. The van der Waals surface area contributed by atoms with Gasteiger partial charge in [0.2, 0.25) is 0 Å². The minimum absolute atomic E-state index is 0.418. The summed E-state index contributed by atoms with van der Waals surface area (Å²) in [5, 5.41) is 7.03. The Labute approximate surface area is 73.1 Å². The van der Waals surface area contributed by atoms with E-state index < -0.39 is 0 Å². The van der Waals surface area contributed by atoms with Crippen LogP contribution >= 0.6 is 0 Å². The average Bonchev–Trinajstić information content (AvgIpc) is 2.48. The number of nitrogens with one attached hydrogen (secondary N) is 1. The van der Waals surface area contributed by atoms with E-state index in [1.165, 1.54) is 5.56 Å². The van der Waals surface area contributed by atoms with E-state index in [-0.39, 0.29) is 0 Å². The second kappa shape index (κ2) is 4.26. The molecular weight excluding hydrogens is 152 g/mol. The Bertz CT molecular complexity index is 230. The second-order valence-corrected chi connectivity index (χ2v) is 3.15. The molecular formula is C9H16N2O. The molecule has 0 saturated carbocycles. The number of nitrogens with zero attached hydrogens (tertiary/aromatic N) is 1. The summed E-state index contributed by atoms with van der Waals surface area (Å²) in [4.78, 5) is 0. The Kier molecular flexibility index (Phi) is 3.29. The van der Waals surface area contributed by atoms with Crippen molar-refractivity contribution in [2.24, 2.45) is 0 Å². The smallest absolute Gasteiger partial charge is 0.143 e. The molecule has 0 saturated heterocycles. The van der Waals surface area contributed by atoms with E-state index >= 15 is 0 Å². The monoisotopic (exact) mass is 168 g/mol. The maximum Gasteiger partial charge on any atom is 0.143 e. The van der Waals surface area contributed by atoms with E-state index in [2.05, 4.69) is 31.2 Å². The van der Waals surface area contributed by atoms with Crippen molar-refractivity contribution < 1.29 is 4.52 Å². The van der Waals surface area contributed by atoms with Crippen molar-refractivity contribution in [1.82, 2.24) is 10.5 Å². The van der Waals surface area contributed by atoms with Crippen LogP contribution < -0.4 is 5.32 Å². The van der Waals surface area contributed by atoms with Crippen molar-refractivity contribution in [3.05, 3.63) is 17.5 Å². The number of hydrogen-bond acceptors (Lipinski definition) is 3. The van der Waals surface area contributed by atoms with Crippen LogP contribution in [-0.2, 0) is 6.54 Å². The molecule has 12 heavy (non-hydrogen) atoms. The van der Waals surface area contributed by atoms with Gasteiger partial charge < -0.3 is 9.84 Å². The number of hydrogen-bond donors (Lipinski definition) is 1. The van der Waals surface area contributed by atoms with Crippen LogP contribution in [0.5, 0.6) is 0 Å². The molecule has 1 aromatic heterocycles. The first-order chi connectivity index (χ1) is 5.75. The molecule has 0 spiro atoms. The minimum atomic E-state index is 0.418. The number of rotatable bonds is 4. The molecule has 1 heterocycles. The van der Waals surface area contributed by atoms with Crippen molar-refractivity contribution >= 4 is 0 Å². The molecule has 0 unspecified atom stereocenters. The molecule has 0 bridgehead atoms. The summed E-state index contributed by atoms with van der Waals surface area (Å²) in [5.74, 6) is 1.41. The van der Waals surface area contributed by atoms with Gasteiger partial charge in [0.15, 0.2) is 0 Å². The number of aromatic nitrogens is 1. The quantitative estimate of drug-likeness (QED) is 0.746. The molecule has 1 N–H and O–H groups in total. The lowest BCUT2D eigenvalue weighted by Crippen LogP contribution is -2.12. The van der Waals surface area contributed by atoms with Crippen LogP contribution in [0.1, 0.15) is 38.0 Å². The molecule has 0 amide bonds. The minimum Gasteiger partial charge on any atom is -0.361 e. The molecule has 68 valence electrons. The van der Waals surface area contributed by atoms with Crippen molar-refractivity contribution in [2.75, 3.05) is 6.54 Å². The molecule has 0 aliphatic rings. The summed E-state index contributed by atoms with van der Waals surface area (Å²) in [7, 11) is 0. The molecule has 0 aliphatic carbocycles. The highest BCUT2D eigenvalue weighted by atomic mass is 16.5. The SMILES string of the molecule is CCNCc1cnoc1C(C)C. The second-order valence-electron chi connectivity index (χ2n) is 3.15. The maximum absolute atomic E-state index is 5.13. The van der Waals surface area contributed by atoms with E-state index in [1.54, 1.807) is 6.20 Å². The standard InChI is InChI=1S/C9H16N2O/c1-4-10-5-8-6-11-12-9(8)7(2)3/h6-7,10H,4-5H2,1-3H3. The highest BCUT2D eigenvalue weighted by Gasteiger charge is 2.10. The summed E-state index contributed by atoms with van der Waals surface area (Å²) in [6.45, 7) is 8.13. The zero-order valence-electron chi connectivity index (χ0n) is 7.92. The highest BCUT2D eigenvalue weighted by molar-refractivity contribution is 5.16. The predicted octanol–water partition coefficient (Wildman–Crippen LogP) is 1.91. The lowest BCUT2D eigenvalue weighted by atomic mass is 10.1. The fourth-order valence-corrected chi connectivity index (χ4v) is 1.14. The molecule has 0 aliphatic heterocycles. The van der Waals surface area contributed by atoms with Gasteiger partial charge in [0.05, 0.1) is 6.20 Å². The van der Waals surface area contributed by atoms with Gasteiger partial charge in [0.1, 0.15) is 5.76 Å². The third-order valence-electron chi connectivity index (χ3n) is 1.77. The topological polar surface area (TPSA) is 38.1 Å². The van der Waals surface area contributed by atoms with Crippen LogP contribution in [0, 0.1) is 0 Å². The van der Waals surface area contributed by atoms with Gasteiger partial charge in [0, 0.05) is 18.0 Å². The lowest BCUT2D eigenvalue weighted by molar-refractivity contribution is 0.368. The Morgan fingerprint density at radius 1 is 1.58 bits per heavy atom. The first kappa shape index (κ1) is 9.26. The summed E-state index contributed by atoms with van der Waals surface area (Å²) in [6, 6.07) is 0. The van der Waals surface area contributed by atoms with Crippen molar-refractivity contribution in [2.45, 2.75) is 33.2 Å². The average molecular weight is 168 g/mol. The third kappa shape index (κ3) is 2.08. The van der Waals surface area contributed by atoms with Gasteiger partial charge in [-0.05, 0) is 6.54 Å². The van der Waals surface area contributed by atoms with Crippen LogP contribution in [0.4, 0.5) is 0 Å². The molecule has 3 nitrogen and oxygen atoms in total. The van der Waals surface area contributed by atoms with Crippen molar-refractivity contribution in [3.8, 4) is 0 Å². The van der Waals surface area contributed by atoms with Crippen LogP contribution in [0.15, 0.2) is 10.7 Å². The molecule has 1 rings (SSSR count). The predicted molar refractivity (Wildman–Crippen MR) is 48.0 cm³/mol. The highest BCUT2D eigenvalue weighted by Crippen LogP contribution is 2.18. The first-order valence-electron chi connectivity index (χ1n) is 4.39. The third-order valence-corrected chi connectivity index (χ3v) is 1.77. The van der Waals surface area contributed by atoms with Crippen LogP contribution in [0.25, 0.3) is 0 Å². The zero-order chi connectivity index (χ0) is 8.97. The van der Waals surface area contributed by atoms with E-state index in [4.69, 9.17) is 4.52 Å². The van der Waals surface area contributed by atoms with Gasteiger partial charge in [-0.3, -0.25) is 0 Å². The summed E-state index contributed by atoms with van der Waals surface area (Å²) in [5.41, 5.74) is 1.17. The Morgan fingerprint density at radius 3 is 2.92 bits per heavy atom. The molecule has 0 aromatic carbocycles. The summed E-state index contributed by atoms with van der Waals surface area (Å²) in [6.07, 6.45) is 1.79. The van der Waals surface area contributed by atoms with Crippen LogP contribution in [-0.4, -0.2) is 11.7 Å². The fraction of sp³-hybridized carbons (Fsp3) is 0.667. The van der Waals surface area contributed by atoms with E-state index in [0.717, 1.165) is 18.8 Å². The van der Waals surface area contributed by atoms with Crippen molar-refractivity contribution in [1.29, 1.82) is 0 Å².